The molecule has 2 aromatic rings. The van der Waals surface area contributed by atoms with Crippen LogP contribution in [0.2, 0.25) is 0 Å². The number of nitrogens with zero attached hydrogens (tertiary/aromatic N) is 3. The van der Waals surface area contributed by atoms with Crippen molar-refractivity contribution < 1.29 is 18.3 Å². The quantitative estimate of drug-likeness (QED) is 0.159. The summed E-state index contributed by atoms with van der Waals surface area (Å²) in [6, 6.07) is 4.39. The minimum atomic E-state index is -4.03. The molecule has 1 aromatic carbocycles. The number of rotatable bonds is 7. The second-order valence-electron chi connectivity index (χ2n) is 7.86. The highest BCUT2D eigenvalue weighted by atomic mass is 35.5. The summed E-state index contributed by atoms with van der Waals surface area (Å²) >= 11 is 6.02. The molecule has 0 atom stereocenters. The van der Waals surface area contributed by atoms with Crippen molar-refractivity contribution in [3.63, 3.8) is 0 Å². The number of guanidine groups is 2. The Morgan fingerprint density at radius 1 is 1.11 bits per heavy atom. The Hall–Kier alpha value is -2.58. The van der Waals surface area contributed by atoms with E-state index in [0.29, 0.717) is 16.5 Å². The lowest BCUT2D eigenvalue weighted by molar-refractivity contribution is -0.137. The molecular formula is C20H31Cl3N8O4S. The second kappa shape index (κ2) is 14.9. The molecular weight excluding hydrogens is 555 g/mol. The molecule has 1 aliphatic rings. The number of aliphatic carboxylic acids is 1. The number of carboxylic acid groups (broad SMARTS) is 1. The Balaban J connectivity index is 0.00000190. The first kappa shape index (κ1) is 33.4. The first-order valence-corrected chi connectivity index (χ1v) is 12.2. The van der Waals surface area contributed by atoms with Crippen molar-refractivity contribution in [1.29, 1.82) is 10.8 Å². The van der Waals surface area contributed by atoms with Crippen LogP contribution in [0.15, 0.2) is 35.5 Å². The third-order valence-electron chi connectivity index (χ3n) is 5.27. The van der Waals surface area contributed by atoms with Crippen LogP contribution in [-0.2, 0) is 14.8 Å². The van der Waals surface area contributed by atoms with Crippen LogP contribution in [0.25, 0.3) is 10.8 Å². The van der Waals surface area contributed by atoms with Gasteiger partial charge in [0, 0.05) is 35.3 Å². The van der Waals surface area contributed by atoms with Gasteiger partial charge in [-0.3, -0.25) is 20.6 Å². The summed E-state index contributed by atoms with van der Waals surface area (Å²) in [5.41, 5.74) is 14.7. The van der Waals surface area contributed by atoms with E-state index in [4.69, 9.17) is 28.3 Å². The topological polar surface area (TPSA) is 217 Å². The Labute approximate surface area is 227 Å². The average Bonchev–Trinajstić information content (AvgIpc) is 2.77. The third kappa shape index (κ3) is 9.13. The fourth-order valence-corrected chi connectivity index (χ4v) is 5.43. The Morgan fingerprint density at radius 3 is 2.22 bits per heavy atom. The fourth-order valence-electron chi connectivity index (χ4n) is 3.79. The van der Waals surface area contributed by atoms with Crippen LogP contribution in [0.3, 0.4) is 0 Å². The molecule has 0 amide bonds. The van der Waals surface area contributed by atoms with Gasteiger partial charge in [-0.05, 0) is 30.9 Å². The van der Waals surface area contributed by atoms with Gasteiger partial charge < -0.3 is 22.3 Å². The van der Waals surface area contributed by atoms with Gasteiger partial charge in [0.2, 0.25) is 16.0 Å². The number of nitrogens with two attached hydrogens (primary N) is 3. The van der Waals surface area contributed by atoms with E-state index in [0.717, 1.165) is 40.8 Å². The molecule has 3 rings (SSSR count). The van der Waals surface area contributed by atoms with E-state index in [2.05, 4.69) is 16.5 Å². The van der Waals surface area contributed by atoms with Crippen molar-refractivity contribution in [3.05, 3.63) is 30.6 Å². The number of pyridine rings is 1. The molecule has 202 valence electrons. The predicted octanol–water partition coefficient (Wildman–Crippen LogP) is 2.43. The van der Waals surface area contributed by atoms with E-state index in [9.17, 15) is 18.3 Å². The molecule has 0 bridgehead atoms. The summed E-state index contributed by atoms with van der Waals surface area (Å²) < 4.78 is 28.5. The van der Waals surface area contributed by atoms with Crippen molar-refractivity contribution in [3.8, 4) is 0 Å². The number of benzene rings is 1. The zero-order valence-corrected chi connectivity index (χ0v) is 22.5. The van der Waals surface area contributed by atoms with E-state index in [1.54, 1.807) is 6.07 Å². The van der Waals surface area contributed by atoms with Crippen LogP contribution < -0.4 is 21.6 Å². The summed E-state index contributed by atoms with van der Waals surface area (Å²) in [6.07, 6.45) is 7.87. The van der Waals surface area contributed by atoms with Crippen molar-refractivity contribution in [2.75, 3.05) is 17.5 Å². The van der Waals surface area contributed by atoms with Gasteiger partial charge in [0.25, 0.3) is 0 Å². The number of carboxylic acids is 1. The lowest BCUT2D eigenvalue weighted by Gasteiger charge is -2.28. The van der Waals surface area contributed by atoms with Crippen LogP contribution in [0.1, 0.15) is 32.1 Å². The summed E-state index contributed by atoms with van der Waals surface area (Å²) in [5, 5.41) is 23.9. The largest absolute Gasteiger partial charge is 0.480 e. The van der Waals surface area contributed by atoms with Crippen molar-refractivity contribution >= 4 is 81.0 Å². The number of hydrogen-bond acceptors (Lipinski definition) is 6. The summed E-state index contributed by atoms with van der Waals surface area (Å²) in [4.78, 5) is 15.4. The van der Waals surface area contributed by atoms with Crippen LogP contribution in [0, 0.1) is 16.7 Å². The van der Waals surface area contributed by atoms with Gasteiger partial charge in [0.15, 0.2) is 5.96 Å². The molecule has 16 heteroatoms. The fraction of sp³-hybridized carbons (Fsp3) is 0.400. The highest BCUT2D eigenvalue weighted by molar-refractivity contribution is 7.89. The Morgan fingerprint density at radius 2 is 1.69 bits per heavy atom. The van der Waals surface area contributed by atoms with Gasteiger partial charge in [-0.25, -0.2) is 12.8 Å². The first-order chi connectivity index (χ1) is 15.9. The molecule has 1 heterocycles. The number of fused-ring (bicyclic) bond motifs is 1. The Kier molecular flexibility index (Phi) is 13.8. The van der Waals surface area contributed by atoms with E-state index >= 15 is 0 Å². The molecule has 1 saturated carbocycles. The zero-order valence-electron chi connectivity index (χ0n) is 19.3. The molecule has 0 unspecified atom stereocenters. The van der Waals surface area contributed by atoms with E-state index in [1.165, 1.54) is 24.5 Å². The molecule has 0 radical (unpaired) electrons. The van der Waals surface area contributed by atoms with Gasteiger partial charge in [0.1, 0.15) is 6.54 Å². The van der Waals surface area contributed by atoms with Crippen LogP contribution in [-0.4, -0.2) is 53.8 Å². The lowest BCUT2D eigenvalue weighted by atomic mass is 9.89. The monoisotopic (exact) mass is 584 g/mol. The number of aromatic nitrogens is 1. The van der Waals surface area contributed by atoms with Crippen molar-refractivity contribution in [2.24, 2.45) is 23.1 Å². The van der Waals surface area contributed by atoms with Crippen LogP contribution >= 0.6 is 36.6 Å². The lowest BCUT2D eigenvalue weighted by Crippen LogP contribution is -2.39. The average molecular weight is 586 g/mol. The van der Waals surface area contributed by atoms with Crippen molar-refractivity contribution in [1.82, 2.24) is 9.29 Å². The number of sulfonamides is 1. The van der Waals surface area contributed by atoms with Gasteiger partial charge in [0.05, 0.1) is 16.8 Å². The van der Waals surface area contributed by atoms with Gasteiger partial charge >= 0.3 is 5.97 Å². The van der Waals surface area contributed by atoms with Gasteiger partial charge in [-0.1, -0.05) is 25.3 Å². The standard InChI is InChI=1S/C19H24ClN5O4S.CH5N3.2ClH/c20-25(19(21)22)17-10-23-9-14-8-15(6-7-16(14)17)30(28,29)24(12-18(26)27)11-13-4-2-1-3-5-13;2-1(3)4;;/h6-10,13H,1-5,11-12H2,(H3,21,22)(H,26,27);(H5,2,3,4);2*1H. The SMILES string of the molecule is Cl.Cl.N=C(N)N.N=C(N)N(Cl)c1cncc2cc(S(=O)(=O)N(CC(=O)O)CC3CCCCC3)ccc12. The van der Waals surface area contributed by atoms with Gasteiger partial charge in [-0.15, -0.1) is 24.8 Å². The third-order valence-corrected chi connectivity index (χ3v) is 7.44. The molecule has 1 aromatic heterocycles. The molecule has 36 heavy (non-hydrogen) atoms. The van der Waals surface area contributed by atoms with Crippen molar-refractivity contribution in [2.45, 2.75) is 37.0 Å². The number of hydrogen-bond donors (Lipinski definition) is 6. The molecule has 12 nitrogen and oxygen atoms in total. The summed E-state index contributed by atoms with van der Waals surface area (Å²) in [6.45, 7) is -0.403. The normalized spacial score (nSPS) is 13.5. The summed E-state index contributed by atoms with van der Waals surface area (Å²) in [5.74, 6) is -1.77. The molecule has 0 aliphatic heterocycles. The number of nitrogens with one attached hydrogen (secondary N) is 2. The molecule has 1 fully saturated rings. The number of halogens is 3. The number of carbonyl (C=O) groups is 1. The minimum Gasteiger partial charge on any atom is -0.480 e. The minimum absolute atomic E-state index is 0. The van der Waals surface area contributed by atoms with Gasteiger partial charge in [-0.2, -0.15) is 4.31 Å². The number of anilines is 1. The molecule has 0 saturated heterocycles. The van der Waals surface area contributed by atoms with Crippen LogP contribution in [0.5, 0.6) is 0 Å². The highest BCUT2D eigenvalue weighted by Crippen LogP contribution is 2.31. The molecule has 9 N–H and O–H groups in total. The van der Waals surface area contributed by atoms with E-state index in [-0.39, 0.29) is 48.1 Å². The maximum atomic E-state index is 13.3. The second-order valence-corrected chi connectivity index (χ2v) is 10.1. The Bertz CT molecular complexity index is 1160. The van der Waals surface area contributed by atoms with E-state index in [1.807, 2.05) is 0 Å². The first-order valence-electron chi connectivity index (χ1n) is 10.4. The predicted molar refractivity (Wildman–Crippen MR) is 146 cm³/mol. The van der Waals surface area contributed by atoms with Crippen LogP contribution in [0.4, 0.5) is 5.69 Å². The molecule has 0 spiro atoms. The highest BCUT2D eigenvalue weighted by Gasteiger charge is 2.30. The molecule has 1 aliphatic carbocycles. The maximum absolute atomic E-state index is 13.3. The van der Waals surface area contributed by atoms with E-state index < -0.39 is 28.5 Å². The summed E-state index contributed by atoms with van der Waals surface area (Å²) in [7, 11) is -4.03. The smallest absolute Gasteiger partial charge is 0.318 e. The maximum Gasteiger partial charge on any atom is 0.318 e. The zero-order chi connectivity index (χ0) is 25.5.